The SMILES string of the molecule is COc1ccc(-c2ccc3c(c2)CCC3=O)c(OC(C2CCCCC2)C2(C(=O)O)CCC2)c1OC. The van der Waals surface area contributed by atoms with Gasteiger partial charge in [-0.1, -0.05) is 43.9 Å². The highest BCUT2D eigenvalue weighted by Gasteiger charge is 2.55. The van der Waals surface area contributed by atoms with Crippen molar-refractivity contribution in [3.05, 3.63) is 41.5 Å². The third-order valence-corrected chi connectivity index (χ3v) is 8.38. The van der Waals surface area contributed by atoms with E-state index in [0.717, 1.165) is 60.8 Å². The summed E-state index contributed by atoms with van der Waals surface area (Å²) in [6.45, 7) is 0. The Morgan fingerprint density at radius 1 is 0.943 bits per heavy atom. The van der Waals surface area contributed by atoms with Crippen molar-refractivity contribution in [2.24, 2.45) is 11.3 Å². The molecule has 0 bridgehead atoms. The second-order valence-corrected chi connectivity index (χ2v) is 10.2. The number of fused-ring (bicyclic) bond motifs is 1. The summed E-state index contributed by atoms with van der Waals surface area (Å²) in [6.07, 6.45) is 8.33. The number of ether oxygens (including phenoxy) is 3. The molecule has 0 saturated heterocycles. The van der Waals surface area contributed by atoms with Gasteiger partial charge in [0.15, 0.2) is 17.3 Å². The van der Waals surface area contributed by atoms with Crippen LogP contribution in [0.25, 0.3) is 11.1 Å². The fourth-order valence-corrected chi connectivity index (χ4v) is 6.27. The molecule has 6 nitrogen and oxygen atoms in total. The average Bonchev–Trinajstić information content (AvgIpc) is 3.22. The Labute approximate surface area is 206 Å². The Kier molecular flexibility index (Phi) is 6.47. The third-order valence-electron chi connectivity index (χ3n) is 8.38. The monoisotopic (exact) mass is 478 g/mol. The number of benzene rings is 2. The van der Waals surface area contributed by atoms with Crippen LogP contribution in [0, 0.1) is 11.3 Å². The summed E-state index contributed by atoms with van der Waals surface area (Å²) < 4.78 is 18.3. The van der Waals surface area contributed by atoms with E-state index in [9.17, 15) is 14.7 Å². The molecule has 2 aromatic rings. The topological polar surface area (TPSA) is 82.1 Å². The number of methoxy groups -OCH3 is 2. The highest BCUT2D eigenvalue weighted by molar-refractivity contribution is 6.01. The summed E-state index contributed by atoms with van der Waals surface area (Å²) >= 11 is 0. The van der Waals surface area contributed by atoms with Crippen LogP contribution in [0.5, 0.6) is 17.2 Å². The maximum atomic E-state index is 12.6. The second-order valence-electron chi connectivity index (χ2n) is 10.2. The molecular weight excluding hydrogens is 444 g/mol. The quantitative estimate of drug-likeness (QED) is 0.495. The molecule has 1 unspecified atom stereocenters. The number of aryl methyl sites for hydroxylation is 1. The number of hydrogen-bond donors (Lipinski definition) is 1. The van der Waals surface area contributed by atoms with Gasteiger partial charge in [-0.2, -0.15) is 0 Å². The molecular formula is C29H34O6. The van der Waals surface area contributed by atoms with Crippen LogP contribution in [-0.2, 0) is 11.2 Å². The average molecular weight is 479 g/mol. The molecule has 3 aliphatic rings. The summed E-state index contributed by atoms with van der Waals surface area (Å²) in [7, 11) is 3.17. The number of aliphatic carboxylic acids is 1. The van der Waals surface area contributed by atoms with Crippen molar-refractivity contribution in [3.63, 3.8) is 0 Å². The number of carboxylic acids is 1. The maximum Gasteiger partial charge on any atom is 0.313 e. The lowest BCUT2D eigenvalue weighted by Gasteiger charge is -2.47. The van der Waals surface area contributed by atoms with Gasteiger partial charge in [0.2, 0.25) is 5.75 Å². The van der Waals surface area contributed by atoms with Crippen LogP contribution >= 0.6 is 0 Å². The van der Waals surface area contributed by atoms with Crippen LogP contribution in [0.15, 0.2) is 30.3 Å². The minimum absolute atomic E-state index is 0.182. The molecule has 1 N–H and O–H groups in total. The zero-order chi connectivity index (χ0) is 24.6. The Hall–Kier alpha value is -3.02. The number of carbonyl (C=O) groups excluding carboxylic acids is 1. The van der Waals surface area contributed by atoms with E-state index < -0.39 is 17.5 Å². The van der Waals surface area contributed by atoms with Crippen molar-refractivity contribution >= 4 is 11.8 Å². The van der Waals surface area contributed by atoms with Crippen molar-refractivity contribution in [1.29, 1.82) is 0 Å². The standard InChI is InChI=1S/C29H34O6/c1-33-24-14-12-22(20-9-11-21-19(17-20)10-13-23(21)30)25(26(24)34-2)35-27(18-7-4-3-5-8-18)29(28(31)32)15-6-16-29/h9,11-12,14,17-18,27H,3-8,10,13,15-16H2,1-2H3,(H,31,32). The number of Topliss-reactive ketones (excluding diaryl/α,β-unsaturated/α-hetero) is 1. The first kappa shape index (κ1) is 23.7. The van der Waals surface area contributed by atoms with Gasteiger partial charge < -0.3 is 19.3 Å². The number of rotatable bonds is 8. The molecule has 6 heteroatoms. The molecule has 35 heavy (non-hydrogen) atoms. The molecule has 2 aromatic carbocycles. The van der Waals surface area contributed by atoms with E-state index in [1.54, 1.807) is 14.2 Å². The van der Waals surface area contributed by atoms with Gasteiger partial charge >= 0.3 is 5.97 Å². The lowest BCUT2D eigenvalue weighted by atomic mass is 9.60. The maximum absolute atomic E-state index is 12.6. The Morgan fingerprint density at radius 3 is 2.31 bits per heavy atom. The van der Waals surface area contributed by atoms with Gasteiger partial charge in [0.05, 0.1) is 14.2 Å². The smallest absolute Gasteiger partial charge is 0.313 e. The first-order chi connectivity index (χ1) is 17.0. The van der Waals surface area contributed by atoms with Crippen LogP contribution in [0.1, 0.15) is 73.7 Å². The predicted octanol–water partition coefficient (Wildman–Crippen LogP) is 6.08. The van der Waals surface area contributed by atoms with Crippen LogP contribution in [0.2, 0.25) is 0 Å². The van der Waals surface area contributed by atoms with Crippen LogP contribution in [-0.4, -0.2) is 37.2 Å². The van der Waals surface area contributed by atoms with Crippen molar-refractivity contribution in [1.82, 2.24) is 0 Å². The Morgan fingerprint density at radius 2 is 1.69 bits per heavy atom. The zero-order valence-electron chi connectivity index (χ0n) is 20.6. The molecule has 5 rings (SSSR count). The summed E-state index contributed by atoms with van der Waals surface area (Å²) in [5, 5.41) is 10.3. The van der Waals surface area contributed by atoms with Crippen molar-refractivity contribution in [3.8, 4) is 28.4 Å². The fourth-order valence-electron chi connectivity index (χ4n) is 6.27. The third kappa shape index (κ3) is 4.07. The van der Waals surface area contributed by atoms with Crippen molar-refractivity contribution in [2.75, 3.05) is 14.2 Å². The van der Waals surface area contributed by atoms with Gasteiger partial charge in [0.25, 0.3) is 0 Å². The lowest BCUT2D eigenvalue weighted by molar-refractivity contribution is -0.168. The van der Waals surface area contributed by atoms with E-state index in [-0.39, 0.29) is 11.7 Å². The minimum atomic E-state index is -0.877. The van der Waals surface area contributed by atoms with Gasteiger partial charge in [0.1, 0.15) is 11.5 Å². The molecule has 0 amide bonds. The highest BCUT2D eigenvalue weighted by Crippen LogP contribution is 2.53. The minimum Gasteiger partial charge on any atom is -0.493 e. The van der Waals surface area contributed by atoms with Gasteiger partial charge in [0, 0.05) is 17.5 Å². The molecule has 3 aliphatic carbocycles. The zero-order valence-corrected chi connectivity index (χ0v) is 20.6. The summed E-state index contributed by atoms with van der Waals surface area (Å²) in [5.74, 6) is 1.14. The number of carboxylic acid groups (broad SMARTS) is 1. The normalized spacial score (nSPS) is 20.0. The lowest BCUT2D eigenvalue weighted by Crippen LogP contribution is -2.54. The van der Waals surface area contributed by atoms with Crippen LogP contribution in [0.3, 0.4) is 0 Å². The molecule has 0 aliphatic heterocycles. The number of hydrogen-bond acceptors (Lipinski definition) is 5. The highest BCUT2D eigenvalue weighted by atomic mass is 16.5. The Bertz CT molecular complexity index is 1130. The molecule has 0 spiro atoms. The summed E-state index contributed by atoms with van der Waals surface area (Å²) in [6, 6.07) is 9.69. The van der Waals surface area contributed by atoms with E-state index in [1.165, 1.54) is 6.42 Å². The number of carbonyl (C=O) groups is 2. The van der Waals surface area contributed by atoms with Gasteiger partial charge in [-0.25, -0.2) is 0 Å². The molecule has 2 fully saturated rings. The molecule has 0 aromatic heterocycles. The fraction of sp³-hybridized carbons (Fsp3) is 0.517. The molecule has 2 saturated carbocycles. The van der Waals surface area contributed by atoms with E-state index in [0.29, 0.717) is 36.5 Å². The van der Waals surface area contributed by atoms with Crippen molar-refractivity contribution in [2.45, 2.75) is 70.3 Å². The van der Waals surface area contributed by atoms with E-state index >= 15 is 0 Å². The molecule has 1 atom stereocenters. The second kappa shape index (κ2) is 9.56. The van der Waals surface area contributed by atoms with Gasteiger partial charge in [-0.3, -0.25) is 9.59 Å². The van der Waals surface area contributed by atoms with Crippen LogP contribution in [0.4, 0.5) is 0 Å². The van der Waals surface area contributed by atoms with Crippen LogP contribution < -0.4 is 14.2 Å². The van der Waals surface area contributed by atoms with Gasteiger partial charge in [-0.05, 0) is 61.3 Å². The molecule has 0 radical (unpaired) electrons. The first-order valence-corrected chi connectivity index (χ1v) is 12.8. The largest absolute Gasteiger partial charge is 0.493 e. The molecule has 0 heterocycles. The van der Waals surface area contributed by atoms with Gasteiger partial charge in [-0.15, -0.1) is 0 Å². The molecule has 186 valence electrons. The van der Waals surface area contributed by atoms with E-state index in [2.05, 4.69) is 6.07 Å². The summed E-state index contributed by atoms with van der Waals surface area (Å²) in [5.41, 5.74) is 2.70. The predicted molar refractivity (Wildman–Crippen MR) is 133 cm³/mol. The first-order valence-electron chi connectivity index (χ1n) is 12.8. The summed E-state index contributed by atoms with van der Waals surface area (Å²) in [4.78, 5) is 24.8. The Balaban J connectivity index is 1.63. The van der Waals surface area contributed by atoms with E-state index in [4.69, 9.17) is 14.2 Å². The van der Waals surface area contributed by atoms with E-state index in [1.807, 2.05) is 24.3 Å². The van der Waals surface area contributed by atoms with Crippen molar-refractivity contribution < 1.29 is 28.9 Å². The number of ketones is 1.